The number of pyridine rings is 1. The smallest absolute Gasteiger partial charge is 0.222 e. The normalized spacial score (nSPS) is 15.2. The summed E-state index contributed by atoms with van der Waals surface area (Å²) in [6, 6.07) is 5.79. The van der Waals surface area contributed by atoms with Gasteiger partial charge in [0.25, 0.3) is 0 Å². The van der Waals surface area contributed by atoms with Crippen molar-refractivity contribution in [2.45, 2.75) is 38.5 Å². The predicted molar refractivity (Wildman–Crippen MR) is 101 cm³/mol. The lowest BCUT2D eigenvalue weighted by Gasteiger charge is -2.30. The molecule has 0 atom stereocenters. The molecule has 4 heterocycles. The molecule has 0 aliphatic carbocycles. The van der Waals surface area contributed by atoms with E-state index in [1.807, 2.05) is 28.5 Å². The second kappa shape index (κ2) is 7.96. The van der Waals surface area contributed by atoms with Crippen molar-refractivity contribution >= 4 is 17.2 Å². The first kappa shape index (κ1) is 17.8. The van der Waals surface area contributed by atoms with Crippen molar-refractivity contribution in [2.24, 2.45) is 0 Å². The summed E-state index contributed by atoms with van der Waals surface area (Å²) in [5.41, 5.74) is 1.82. The summed E-state index contributed by atoms with van der Waals surface area (Å²) >= 11 is 1.57. The third-order valence-electron chi connectivity index (χ3n) is 4.77. The van der Waals surface area contributed by atoms with Gasteiger partial charge in [0.05, 0.1) is 11.4 Å². The van der Waals surface area contributed by atoms with Crippen LogP contribution in [0.1, 0.15) is 42.7 Å². The van der Waals surface area contributed by atoms with Crippen molar-refractivity contribution < 1.29 is 9.21 Å². The number of rotatable bonds is 5. The zero-order valence-corrected chi connectivity index (χ0v) is 16.0. The largest absolute Gasteiger partial charge is 0.425 e. The van der Waals surface area contributed by atoms with E-state index in [0.29, 0.717) is 24.6 Å². The first-order valence-corrected chi connectivity index (χ1v) is 10.0. The van der Waals surface area contributed by atoms with Gasteiger partial charge in [-0.15, -0.1) is 21.5 Å². The number of likely N-dealkylation sites (tertiary alicyclic amines) is 1. The Morgan fingerprint density at radius 3 is 2.85 bits per heavy atom. The number of piperidine rings is 1. The van der Waals surface area contributed by atoms with Gasteiger partial charge in [0.1, 0.15) is 5.01 Å². The molecule has 1 aliphatic heterocycles. The Morgan fingerprint density at radius 1 is 1.30 bits per heavy atom. The van der Waals surface area contributed by atoms with Crippen LogP contribution in [0, 0.1) is 6.92 Å². The third-order valence-corrected chi connectivity index (χ3v) is 5.68. The highest BCUT2D eigenvalue weighted by molar-refractivity contribution is 7.13. The Morgan fingerprint density at radius 2 is 2.15 bits per heavy atom. The third kappa shape index (κ3) is 4.21. The van der Waals surface area contributed by atoms with E-state index in [2.05, 4.69) is 20.2 Å². The SMILES string of the molecule is Cc1nnc(C2CCN(C(=O)CCc3csc(-c4ccccn4)n3)CC2)o1. The van der Waals surface area contributed by atoms with Crippen LogP contribution in [0.5, 0.6) is 0 Å². The number of nitrogens with zero attached hydrogens (tertiary/aromatic N) is 5. The summed E-state index contributed by atoms with van der Waals surface area (Å²) in [7, 11) is 0. The van der Waals surface area contributed by atoms with Crippen LogP contribution >= 0.6 is 11.3 Å². The molecular formula is C19H21N5O2S. The first-order valence-electron chi connectivity index (χ1n) is 9.12. The van der Waals surface area contributed by atoms with E-state index in [1.165, 1.54) is 0 Å². The zero-order chi connectivity index (χ0) is 18.6. The van der Waals surface area contributed by atoms with E-state index < -0.39 is 0 Å². The van der Waals surface area contributed by atoms with E-state index in [9.17, 15) is 4.79 Å². The van der Waals surface area contributed by atoms with Gasteiger partial charge in [0, 0.05) is 43.9 Å². The molecule has 27 heavy (non-hydrogen) atoms. The Balaban J connectivity index is 1.27. The molecule has 1 fully saturated rings. The number of amides is 1. The standard InChI is InChI=1S/C19H21N5O2S/c1-13-22-23-18(26-13)14-7-10-24(11-8-14)17(25)6-5-15-12-27-19(21-15)16-4-2-3-9-20-16/h2-4,9,12,14H,5-8,10-11H2,1H3. The summed E-state index contributed by atoms with van der Waals surface area (Å²) in [6.45, 7) is 3.27. The molecule has 0 saturated carbocycles. The molecule has 8 heteroatoms. The van der Waals surface area contributed by atoms with Gasteiger partial charge in [-0.2, -0.15) is 0 Å². The summed E-state index contributed by atoms with van der Waals surface area (Å²) in [5, 5.41) is 10.9. The number of hydrogen-bond acceptors (Lipinski definition) is 7. The van der Waals surface area contributed by atoms with Crippen LogP contribution in [0.25, 0.3) is 10.7 Å². The van der Waals surface area contributed by atoms with Gasteiger partial charge in [0.15, 0.2) is 0 Å². The summed E-state index contributed by atoms with van der Waals surface area (Å²) < 4.78 is 5.52. The highest BCUT2D eigenvalue weighted by atomic mass is 32.1. The predicted octanol–water partition coefficient (Wildman–Crippen LogP) is 3.24. The average Bonchev–Trinajstić information content (AvgIpc) is 3.36. The van der Waals surface area contributed by atoms with Gasteiger partial charge in [-0.25, -0.2) is 4.98 Å². The van der Waals surface area contributed by atoms with Crippen LogP contribution in [-0.2, 0) is 11.2 Å². The Labute approximate surface area is 161 Å². The number of hydrogen-bond donors (Lipinski definition) is 0. The molecule has 4 rings (SSSR count). The van der Waals surface area contributed by atoms with Crippen molar-refractivity contribution in [3.63, 3.8) is 0 Å². The summed E-state index contributed by atoms with van der Waals surface area (Å²) in [4.78, 5) is 23.4. The Hall–Kier alpha value is -2.61. The van der Waals surface area contributed by atoms with Crippen molar-refractivity contribution in [3.05, 3.63) is 47.3 Å². The Kier molecular flexibility index (Phi) is 5.24. The molecule has 7 nitrogen and oxygen atoms in total. The summed E-state index contributed by atoms with van der Waals surface area (Å²) in [6.07, 6.45) is 4.64. The van der Waals surface area contributed by atoms with E-state index in [0.717, 1.165) is 42.3 Å². The molecular weight excluding hydrogens is 362 g/mol. The van der Waals surface area contributed by atoms with Gasteiger partial charge in [-0.05, 0) is 31.4 Å². The molecule has 0 spiro atoms. The van der Waals surface area contributed by atoms with Crippen LogP contribution in [0.3, 0.4) is 0 Å². The Bertz CT molecular complexity index is 900. The van der Waals surface area contributed by atoms with Gasteiger partial charge in [-0.1, -0.05) is 6.07 Å². The van der Waals surface area contributed by atoms with Crippen LogP contribution < -0.4 is 0 Å². The van der Waals surface area contributed by atoms with Gasteiger partial charge >= 0.3 is 0 Å². The van der Waals surface area contributed by atoms with Crippen molar-refractivity contribution in [1.29, 1.82) is 0 Å². The minimum absolute atomic E-state index is 0.183. The number of carbonyl (C=O) groups excluding carboxylic acids is 1. The quantitative estimate of drug-likeness (QED) is 0.672. The second-order valence-electron chi connectivity index (χ2n) is 6.67. The molecule has 140 valence electrons. The molecule has 1 amide bonds. The topological polar surface area (TPSA) is 85.0 Å². The molecule has 3 aromatic rings. The maximum absolute atomic E-state index is 12.5. The van der Waals surface area contributed by atoms with Crippen LogP contribution in [-0.4, -0.2) is 44.1 Å². The molecule has 0 unspecified atom stereocenters. The minimum atomic E-state index is 0.183. The lowest BCUT2D eigenvalue weighted by atomic mass is 9.96. The van der Waals surface area contributed by atoms with Crippen molar-refractivity contribution in [2.75, 3.05) is 13.1 Å². The van der Waals surface area contributed by atoms with E-state index >= 15 is 0 Å². The van der Waals surface area contributed by atoms with Crippen molar-refractivity contribution in [3.8, 4) is 10.7 Å². The molecule has 1 aliphatic rings. The monoisotopic (exact) mass is 383 g/mol. The fourth-order valence-electron chi connectivity index (χ4n) is 3.27. The molecule has 0 radical (unpaired) electrons. The lowest BCUT2D eigenvalue weighted by molar-refractivity contribution is -0.132. The highest BCUT2D eigenvalue weighted by Crippen LogP contribution is 2.27. The fourth-order valence-corrected chi connectivity index (χ4v) is 4.10. The molecule has 1 saturated heterocycles. The maximum Gasteiger partial charge on any atom is 0.222 e. The number of aromatic nitrogens is 4. The fraction of sp³-hybridized carbons (Fsp3) is 0.421. The van der Waals surface area contributed by atoms with Gasteiger partial charge in [-0.3, -0.25) is 9.78 Å². The number of thiazole rings is 1. The maximum atomic E-state index is 12.5. The summed E-state index contributed by atoms with van der Waals surface area (Å²) in [5.74, 6) is 1.73. The lowest BCUT2D eigenvalue weighted by Crippen LogP contribution is -2.38. The molecule has 0 bridgehead atoms. The van der Waals surface area contributed by atoms with Crippen LogP contribution in [0.15, 0.2) is 34.2 Å². The number of aryl methyl sites for hydroxylation is 2. The highest BCUT2D eigenvalue weighted by Gasteiger charge is 2.26. The molecule has 3 aromatic heterocycles. The van der Waals surface area contributed by atoms with Crippen LogP contribution in [0.4, 0.5) is 0 Å². The number of carbonyl (C=O) groups is 1. The minimum Gasteiger partial charge on any atom is -0.425 e. The zero-order valence-electron chi connectivity index (χ0n) is 15.2. The molecule has 0 aromatic carbocycles. The van der Waals surface area contributed by atoms with E-state index in [-0.39, 0.29) is 11.8 Å². The van der Waals surface area contributed by atoms with Gasteiger partial charge in [0.2, 0.25) is 17.7 Å². The van der Waals surface area contributed by atoms with Crippen LogP contribution in [0.2, 0.25) is 0 Å². The first-order chi connectivity index (χ1) is 13.2. The van der Waals surface area contributed by atoms with Crippen molar-refractivity contribution in [1.82, 2.24) is 25.1 Å². The van der Waals surface area contributed by atoms with E-state index in [4.69, 9.17) is 4.42 Å². The molecule has 0 N–H and O–H groups in total. The average molecular weight is 383 g/mol. The van der Waals surface area contributed by atoms with Gasteiger partial charge < -0.3 is 9.32 Å². The second-order valence-corrected chi connectivity index (χ2v) is 7.53. The van der Waals surface area contributed by atoms with E-state index in [1.54, 1.807) is 24.5 Å².